The van der Waals surface area contributed by atoms with Crippen molar-refractivity contribution in [3.05, 3.63) is 33.8 Å². The van der Waals surface area contributed by atoms with Crippen LogP contribution in [0.3, 0.4) is 0 Å². The maximum Gasteiger partial charge on any atom is 0.416 e. The van der Waals surface area contributed by atoms with E-state index in [0.717, 1.165) is 12.1 Å². The molecule has 0 aromatic heterocycles. The van der Waals surface area contributed by atoms with Crippen LogP contribution in [0, 0.1) is 0 Å². The molecule has 0 bridgehead atoms. The fourth-order valence-electron chi connectivity index (χ4n) is 1.99. The number of hydrogen-bond donors (Lipinski definition) is 2. The van der Waals surface area contributed by atoms with Crippen molar-refractivity contribution in [3.8, 4) is 0 Å². The van der Waals surface area contributed by atoms with Gasteiger partial charge in [-0.05, 0) is 65.3 Å². The van der Waals surface area contributed by atoms with Gasteiger partial charge in [0, 0.05) is 4.47 Å². The second-order valence-electron chi connectivity index (χ2n) is 8.26. The lowest BCUT2D eigenvalue weighted by atomic mass is 10.1. The first-order valence-electron chi connectivity index (χ1n) is 8.86. The Labute approximate surface area is 181 Å². The van der Waals surface area contributed by atoms with Crippen molar-refractivity contribution in [2.24, 2.45) is 4.99 Å². The zero-order valence-corrected chi connectivity index (χ0v) is 19.1. The fraction of sp³-hybridized carbons (Fsp3) is 0.526. The Bertz CT molecular complexity index is 781. The molecule has 0 heterocycles. The summed E-state index contributed by atoms with van der Waals surface area (Å²) < 4.78 is 49.4. The van der Waals surface area contributed by atoms with E-state index in [0.29, 0.717) is 0 Å². The van der Waals surface area contributed by atoms with Gasteiger partial charge in [-0.25, -0.2) is 14.6 Å². The number of carbonyl (C=O) groups excluding carboxylic acids is 2. The van der Waals surface area contributed by atoms with Crippen LogP contribution in [0.25, 0.3) is 0 Å². The molecule has 1 aromatic carbocycles. The number of hydrogen-bond acceptors (Lipinski definition) is 5. The van der Waals surface area contributed by atoms with Gasteiger partial charge in [0.1, 0.15) is 11.2 Å². The summed E-state index contributed by atoms with van der Waals surface area (Å²) in [4.78, 5) is 28.1. The molecule has 7 nitrogen and oxygen atoms in total. The fourth-order valence-corrected chi connectivity index (χ4v) is 2.53. The van der Waals surface area contributed by atoms with Crippen LogP contribution in [0.1, 0.15) is 52.7 Å². The number of alkyl carbamates (subject to hydrolysis) is 2. The van der Waals surface area contributed by atoms with E-state index in [2.05, 4.69) is 31.6 Å². The molecule has 0 spiro atoms. The van der Waals surface area contributed by atoms with Gasteiger partial charge in [0.05, 0.1) is 12.1 Å². The van der Waals surface area contributed by atoms with Crippen LogP contribution >= 0.6 is 15.9 Å². The summed E-state index contributed by atoms with van der Waals surface area (Å²) in [7, 11) is 0. The number of halogens is 4. The standard InChI is InChI=1S/C19H25BrF3N3O4/c1-17(2,3)29-15(27)25-14(26-16(28)30-18(4,5)6)24-10-11-7-12(19(21,22)23)9-13(20)8-11/h7-9H,10H2,1-6H3,(H2,24,25,26,27,28). The Kier molecular flexibility index (Phi) is 8.30. The molecule has 0 unspecified atom stereocenters. The largest absolute Gasteiger partial charge is 0.444 e. The van der Waals surface area contributed by atoms with Crippen LogP contribution in [0.2, 0.25) is 0 Å². The molecule has 0 fully saturated rings. The number of ether oxygens (including phenoxy) is 2. The van der Waals surface area contributed by atoms with E-state index in [4.69, 9.17) is 9.47 Å². The van der Waals surface area contributed by atoms with Crippen molar-refractivity contribution in [3.63, 3.8) is 0 Å². The van der Waals surface area contributed by atoms with Gasteiger partial charge in [0.2, 0.25) is 5.96 Å². The minimum atomic E-state index is -4.53. The number of amides is 2. The van der Waals surface area contributed by atoms with E-state index < -0.39 is 35.1 Å². The number of rotatable bonds is 2. The van der Waals surface area contributed by atoms with Crippen molar-refractivity contribution in [1.82, 2.24) is 10.6 Å². The van der Waals surface area contributed by atoms with Crippen LogP contribution in [-0.4, -0.2) is 29.3 Å². The highest BCUT2D eigenvalue weighted by Gasteiger charge is 2.31. The minimum Gasteiger partial charge on any atom is -0.444 e. The Morgan fingerprint density at radius 2 is 1.40 bits per heavy atom. The Morgan fingerprint density at radius 1 is 0.933 bits per heavy atom. The van der Waals surface area contributed by atoms with Crippen LogP contribution in [0.5, 0.6) is 0 Å². The molecule has 0 radical (unpaired) electrons. The van der Waals surface area contributed by atoms with E-state index in [1.165, 1.54) is 6.07 Å². The number of nitrogens with one attached hydrogen (secondary N) is 2. The van der Waals surface area contributed by atoms with Gasteiger partial charge in [-0.2, -0.15) is 13.2 Å². The molecule has 0 aliphatic heterocycles. The summed E-state index contributed by atoms with van der Waals surface area (Å²) in [5.74, 6) is -0.327. The van der Waals surface area contributed by atoms with E-state index in [1.807, 2.05) is 0 Å². The van der Waals surface area contributed by atoms with Crippen LogP contribution in [-0.2, 0) is 22.2 Å². The Morgan fingerprint density at radius 3 is 1.80 bits per heavy atom. The Hall–Kier alpha value is -2.30. The van der Waals surface area contributed by atoms with Crippen LogP contribution in [0.15, 0.2) is 27.7 Å². The zero-order valence-electron chi connectivity index (χ0n) is 17.5. The smallest absolute Gasteiger partial charge is 0.416 e. The molecule has 11 heteroatoms. The predicted molar refractivity (Wildman–Crippen MR) is 109 cm³/mol. The molecular formula is C19H25BrF3N3O4. The molecule has 168 valence electrons. The molecule has 0 saturated carbocycles. The number of nitrogens with zero attached hydrogens (tertiary/aromatic N) is 1. The maximum atomic E-state index is 13.0. The summed E-state index contributed by atoms with van der Waals surface area (Å²) >= 11 is 3.03. The normalized spacial score (nSPS) is 12.1. The van der Waals surface area contributed by atoms with Crippen molar-refractivity contribution in [2.45, 2.75) is 65.5 Å². The first-order chi connectivity index (χ1) is 13.4. The van der Waals surface area contributed by atoms with Crippen LogP contribution < -0.4 is 10.6 Å². The average molecular weight is 496 g/mol. The molecule has 0 atom stereocenters. The first-order valence-corrected chi connectivity index (χ1v) is 9.65. The topological polar surface area (TPSA) is 89.0 Å². The van der Waals surface area contributed by atoms with E-state index in [9.17, 15) is 22.8 Å². The molecule has 2 N–H and O–H groups in total. The zero-order chi connectivity index (χ0) is 23.3. The summed E-state index contributed by atoms with van der Waals surface area (Å²) in [5, 5.41) is 4.53. The maximum absolute atomic E-state index is 13.0. The van der Waals surface area contributed by atoms with Crippen molar-refractivity contribution in [1.29, 1.82) is 0 Å². The summed E-state index contributed by atoms with van der Waals surface area (Å²) in [6.45, 7) is 9.60. The quantitative estimate of drug-likeness (QED) is 0.426. The third-order valence-electron chi connectivity index (χ3n) is 2.94. The molecule has 1 rings (SSSR count). The second kappa shape index (κ2) is 9.67. The third kappa shape index (κ3) is 10.5. The molecule has 0 saturated heterocycles. The lowest BCUT2D eigenvalue weighted by molar-refractivity contribution is -0.137. The van der Waals surface area contributed by atoms with Crippen molar-refractivity contribution in [2.75, 3.05) is 0 Å². The molecular weight excluding hydrogens is 471 g/mol. The van der Waals surface area contributed by atoms with Gasteiger partial charge in [0.25, 0.3) is 0 Å². The molecule has 2 amide bonds. The van der Waals surface area contributed by atoms with Crippen LogP contribution in [0.4, 0.5) is 22.8 Å². The first kappa shape index (κ1) is 25.7. The van der Waals surface area contributed by atoms with E-state index in [-0.39, 0.29) is 22.5 Å². The van der Waals surface area contributed by atoms with Gasteiger partial charge >= 0.3 is 18.4 Å². The monoisotopic (exact) mass is 495 g/mol. The van der Waals surface area contributed by atoms with E-state index in [1.54, 1.807) is 41.5 Å². The summed E-state index contributed by atoms with van der Waals surface area (Å²) in [6.07, 6.45) is -6.33. The molecule has 30 heavy (non-hydrogen) atoms. The number of aliphatic imine (C=N–C) groups is 1. The highest BCUT2D eigenvalue weighted by Crippen LogP contribution is 2.32. The molecule has 0 aliphatic carbocycles. The third-order valence-corrected chi connectivity index (χ3v) is 3.40. The lowest BCUT2D eigenvalue weighted by Gasteiger charge is -2.22. The number of alkyl halides is 3. The van der Waals surface area contributed by atoms with Crippen molar-refractivity contribution >= 4 is 34.1 Å². The van der Waals surface area contributed by atoms with Gasteiger partial charge in [-0.1, -0.05) is 15.9 Å². The second-order valence-corrected chi connectivity index (χ2v) is 9.18. The molecule has 1 aromatic rings. The summed E-state index contributed by atoms with van der Waals surface area (Å²) in [5.41, 5.74) is -2.28. The SMILES string of the molecule is CC(C)(C)OC(=O)NC(=NCc1cc(Br)cc(C(F)(F)F)c1)NC(=O)OC(C)(C)C. The van der Waals surface area contributed by atoms with Crippen molar-refractivity contribution < 1.29 is 32.2 Å². The summed E-state index contributed by atoms with van der Waals surface area (Å²) in [6, 6.07) is 3.30. The van der Waals surface area contributed by atoms with Gasteiger partial charge < -0.3 is 9.47 Å². The average Bonchev–Trinajstić information content (AvgIpc) is 2.47. The number of carbonyl (C=O) groups is 2. The number of guanidine groups is 1. The van der Waals surface area contributed by atoms with Gasteiger partial charge in [-0.15, -0.1) is 0 Å². The van der Waals surface area contributed by atoms with E-state index >= 15 is 0 Å². The van der Waals surface area contributed by atoms with Gasteiger partial charge in [-0.3, -0.25) is 10.6 Å². The highest BCUT2D eigenvalue weighted by atomic mass is 79.9. The highest BCUT2D eigenvalue weighted by molar-refractivity contribution is 9.10. The number of benzene rings is 1. The Balaban J connectivity index is 3.08. The van der Waals surface area contributed by atoms with Gasteiger partial charge in [0.15, 0.2) is 0 Å². The minimum absolute atomic E-state index is 0.200. The predicted octanol–water partition coefficient (Wildman–Crippen LogP) is 5.37. The molecule has 0 aliphatic rings. The lowest BCUT2D eigenvalue weighted by Crippen LogP contribution is -2.47.